The Balaban J connectivity index is 1.94. The van der Waals surface area contributed by atoms with Crippen molar-refractivity contribution >= 4 is 27.3 Å². The van der Waals surface area contributed by atoms with Crippen molar-refractivity contribution in [2.24, 2.45) is 5.92 Å². The summed E-state index contributed by atoms with van der Waals surface area (Å²) in [6.07, 6.45) is 4.30. The minimum Gasteiger partial charge on any atom is -0.511 e. The van der Waals surface area contributed by atoms with Gasteiger partial charge in [0, 0.05) is 29.7 Å². The maximum absolute atomic E-state index is 12.9. The van der Waals surface area contributed by atoms with Gasteiger partial charge in [0.05, 0.1) is 5.57 Å². The van der Waals surface area contributed by atoms with E-state index in [9.17, 15) is 9.90 Å². The second-order valence-corrected chi connectivity index (χ2v) is 7.30. The summed E-state index contributed by atoms with van der Waals surface area (Å²) in [5, 5.41) is 10.4. The van der Waals surface area contributed by atoms with E-state index in [1.54, 1.807) is 0 Å². The van der Waals surface area contributed by atoms with E-state index in [4.69, 9.17) is 4.74 Å². The van der Waals surface area contributed by atoms with Crippen LogP contribution in [0.5, 0.6) is 0 Å². The second-order valence-electron chi connectivity index (χ2n) is 6.38. The van der Waals surface area contributed by atoms with Crippen molar-refractivity contribution in [3.8, 4) is 0 Å². The fourth-order valence-corrected chi connectivity index (χ4v) is 4.19. The Morgan fingerprint density at radius 1 is 1.22 bits per heavy atom. The minimum absolute atomic E-state index is 0.0254. The van der Waals surface area contributed by atoms with Crippen LogP contribution in [0.1, 0.15) is 36.0 Å². The first-order valence-electron chi connectivity index (χ1n) is 7.99. The lowest BCUT2D eigenvalue weighted by Gasteiger charge is -2.19. The number of hydrogen-bond donors (Lipinski definition) is 1. The highest BCUT2D eigenvalue weighted by atomic mass is 79.9. The first-order chi connectivity index (χ1) is 11.0. The standard InChI is InChI=1S/C19H21BrO3/c1-11-7-15(20)8-12(2)17(11)18-16(21)10-14(19(18)22)9-13-3-5-23-6-4-13/h7-9,13,21H,3-6,10H2,1-2H3/b14-9+. The van der Waals surface area contributed by atoms with Crippen molar-refractivity contribution in [3.05, 3.63) is 50.7 Å². The van der Waals surface area contributed by atoms with Gasteiger partial charge in [0.25, 0.3) is 0 Å². The summed E-state index contributed by atoms with van der Waals surface area (Å²) in [4.78, 5) is 12.9. The van der Waals surface area contributed by atoms with Crippen LogP contribution in [0.4, 0.5) is 0 Å². The van der Waals surface area contributed by atoms with Crippen LogP contribution in [0.25, 0.3) is 5.57 Å². The van der Waals surface area contributed by atoms with Crippen LogP contribution >= 0.6 is 15.9 Å². The summed E-state index contributed by atoms with van der Waals surface area (Å²) < 4.78 is 6.35. The van der Waals surface area contributed by atoms with Crippen molar-refractivity contribution in [3.63, 3.8) is 0 Å². The zero-order chi connectivity index (χ0) is 16.6. The van der Waals surface area contributed by atoms with Crippen molar-refractivity contribution < 1.29 is 14.6 Å². The Kier molecular flexibility index (Phi) is 4.74. The van der Waals surface area contributed by atoms with Gasteiger partial charge in [0.15, 0.2) is 5.78 Å². The predicted molar refractivity (Wildman–Crippen MR) is 94.4 cm³/mol. The van der Waals surface area contributed by atoms with Crippen molar-refractivity contribution in [1.82, 2.24) is 0 Å². The van der Waals surface area contributed by atoms with E-state index >= 15 is 0 Å². The van der Waals surface area contributed by atoms with Gasteiger partial charge in [0.2, 0.25) is 0 Å². The maximum Gasteiger partial charge on any atom is 0.193 e. The van der Waals surface area contributed by atoms with E-state index in [-0.39, 0.29) is 11.5 Å². The van der Waals surface area contributed by atoms with Crippen LogP contribution in [0.3, 0.4) is 0 Å². The van der Waals surface area contributed by atoms with E-state index < -0.39 is 0 Å². The molecule has 0 saturated carbocycles. The van der Waals surface area contributed by atoms with E-state index in [0.717, 1.165) is 52.8 Å². The molecule has 1 fully saturated rings. The van der Waals surface area contributed by atoms with Gasteiger partial charge in [-0.25, -0.2) is 0 Å². The number of ether oxygens (including phenoxy) is 1. The number of allylic oxidation sites excluding steroid dienone is 3. The molecule has 1 saturated heterocycles. The lowest BCUT2D eigenvalue weighted by Crippen LogP contribution is -2.15. The molecule has 1 heterocycles. The van der Waals surface area contributed by atoms with Gasteiger partial charge in [-0.2, -0.15) is 0 Å². The fraction of sp³-hybridized carbons (Fsp3) is 0.421. The van der Waals surface area contributed by atoms with Gasteiger partial charge >= 0.3 is 0 Å². The predicted octanol–water partition coefficient (Wildman–Crippen LogP) is 4.66. The molecule has 1 aliphatic carbocycles. The molecule has 1 aromatic rings. The molecule has 122 valence electrons. The number of carbonyl (C=O) groups is 1. The lowest BCUT2D eigenvalue weighted by molar-refractivity contribution is -0.110. The number of benzene rings is 1. The SMILES string of the molecule is Cc1cc(Br)cc(C)c1C1=C(O)C/C(=C\C2CCOCC2)C1=O. The van der Waals surface area contributed by atoms with Gasteiger partial charge in [-0.15, -0.1) is 0 Å². The first kappa shape index (κ1) is 16.5. The van der Waals surface area contributed by atoms with Gasteiger partial charge < -0.3 is 9.84 Å². The molecule has 0 atom stereocenters. The zero-order valence-corrected chi connectivity index (χ0v) is 15.1. The highest BCUT2D eigenvalue weighted by Crippen LogP contribution is 2.38. The molecule has 3 rings (SSSR count). The molecule has 0 aromatic heterocycles. The largest absolute Gasteiger partial charge is 0.511 e. The van der Waals surface area contributed by atoms with Crippen molar-refractivity contribution in [1.29, 1.82) is 0 Å². The van der Waals surface area contributed by atoms with E-state index in [0.29, 0.717) is 17.9 Å². The number of aliphatic hydroxyl groups is 1. The Morgan fingerprint density at radius 2 is 1.83 bits per heavy atom. The minimum atomic E-state index is -0.0254. The number of Topliss-reactive ketones (excluding diaryl/α,β-unsaturated/α-hetero) is 1. The van der Waals surface area contributed by atoms with Crippen LogP contribution in [-0.4, -0.2) is 24.1 Å². The fourth-order valence-electron chi connectivity index (χ4n) is 3.51. The first-order valence-corrected chi connectivity index (χ1v) is 8.79. The van der Waals surface area contributed by atoms with Crippen molar-refractivity contribution in [2.75, 3.05) is 13.2 Å². The Bertz CT molecular complexity index is 686. The van der Waals surface area contributed by atoms with Crippen LogP contribution in [0, 0.1) is 19.8 Å². The van der Waals surface area contributed by atoms with Gasteiger partial charge in [0.1, 0.15) is 5.76 Å². The maximum atomic E-state index is 12.9. The number of aryl methyl sites for hydroxylation is 2. The topological polar surface area (TPSA) is 46.5 Å². The molecule has 4 heteroatoms. The molecule has 1 aromatic carbocycles. The number of hydrogen-bond acceptors (Lipinski definition) is 3. The van der Waals surface area contributed by atoms with Crippen LogP contribution in [0.2, 0.25) is 0 Å². The molecule has 3 nitrogen and oxygen atoms in total. The van der Waals surface area contributed by atoms with Crippen LogP contribution in [-0.2, 0) is 9.53 Å². The highest BCUT2D eigenvalue weighted by molar-refractivity contribution is 9.10. The summed E-state index contributed by atoms with van der Waals surface area (Å²) >= 11 is 3.48. The molecular weight excluding hydrogens is 356 g/mol. The van der Waals surface area contributed by atoms with Crippen LogP contribution < -0.4 is 0 Å². The lowest BCUT2D eigenvalue weighted by atomic mass is 9.92. The van der Waals surface area contributed by atoms with Gasteiger partial charge in [-0.05, 0) is 61.4 Å². The summed E-state index contributed by atoms with van der Waals surface area (Å²) in [5.41, 5.74) is 4.07. The molecule has 0 bridgehead atoms. The highest BCUT2D eigenvalue weighted by Gasteiger charge is 2.31. The average Bonchev–Trinajstić information content (AvgIpc) is 2.75. The Hall–Kier alpha value is -1.39. The Labute approximate surface area is 145 Å². The molecule has 0 spiro atoms. The number of ketones is 1. The summed E-state index contributed by atoms with van der Waals surface area (Å²) in [7, 11) is 0. The summed E-state index contributed by atoms with van der Waals surface area (Å²) in [6.45, 7) is 5.45. The summed E-state index contributed by atoms with van der Waals surface area (Å²) in [5.74, 6) is 0.548. The smallest absolute Gasteiger partial charge is 0.193 e. The monoisotopic (exact) mass is 376 g/mol. The number of rotatable bonds is 2. The second kappa shape index (κ2) is 6.62. The third-order valence-electron chi connectivity index (χ3n) is 4.62. The van der Waals surface area contributed by atoms with Gasteiger partial charge in [-0.1, -0.05) is 22.0 Å². The molecule has 0 amide bonds. The molecular formula is C19H21BrO3. The normalized spacial score (nSPS) is 21.5. The number of carbonyl (C=O) groups excluding carboxylic acids is 1. The molecule has 1 N–H and O–H groups in total. The van der Waals surface area contributed by atoms with E-state index in [1.165, 1.54) is 0 Å². The van der Waals surface area contributed by atoms with E-state index in [2.05, 4.69) is 22.0 Å². The zero-order valence-electron chi connectivity index (χ0n) is 13.5. The van der Waals surface area contributed by atoms with Crippen molar-refractivity contribution in [2.45, 2.75) is 33.1 Å². The third kappa shape index (κ3) is 3.29. The third-order valence-corrected chi connectivity index (χ3v) is 5.07. The summed E-state index contributed by atoms with van der Waals surface area (Å²) in [6, 6.07) is 3.96. The van der Waals surface area contributed by atoms with Gasteiger partial charge in [-0.3, -0.25) is 4.79 Å². The molecule has 0 unspecified atom stereocenters. The molecule has 23 heavy (non-hydrogen) atoms. The number of aliphatic hydroxyl groups excluding tert-OH is 1. The quantitative estimate of drug-likeness (QED) is 0.763. The van der Waals surface area contributed by atoms with Crippen LogP contribution in [0.15, 0.2) is 34.0 Å². The molecule has 0 radical (unpaired) electrons. The van der Waals surface area contributed by atoms with E-state index in [1.807, 2.05) is 26.0 Å². The number of halogens is 1. The molecule has 1 aliphatic heterocycles. The molecule has 2 aliphatic rings. The Morgan fingerprint density at radius 3 is 2.43 bits per heavy atom. The average molecular weight is 377 g/mol.